The summed E-state index contributed by atoms with van der Waals surface area (Å²) < 4.78 is 5.22. The summed E-state index contributed by atoms with van der Waals surface area (Å²) in [5.41, 5.74) is 2.18. The van der Waals surface area contributed by atoms with Crippen LogP contribution in [0.1, 0.15) is 11.3 Å². The molecule has 0 saturated carbocycles. The van der Waals surface area contributed by atoms with Crippen molar-refractivity contribution in [2.75, 3.05) is 7.11 Å². The number of benzene rings is 1. The summed E-state index contributed by atoms with van der Waals surface area (Å²) in [4.78, 5) is 4.35. The fraction of sp³-hybridized carbons (Fsp3) is 0.167. The minimum atomic E-state index is 0.578. The van der Waals surface area contributed by atoms with Gasteiger partial charge in [-0.2, -0.15) is 5.26 Å². The molecule has 1 heterocycles. The number of aromatic nitrogens is 1. The van der Waals surface area contributed by atoms with Gasteiger partial charge in [-0.15, -0.1) is 0 Å². The molecule has 0 aliphatic rings. The van der Waals surface area contributed by atoms with Gasteiger partial charge in [-0.05, 0) is 31.2 Å². The maximum Gasteiger partial charge on any atom is 0.128 e. The van der Waals surface area contributed by atoms with Crippen molar-refractivity contribution in [1.29, 1.82) is 5.26 Å². The molecule has 1 aromatic heterocycles. The second kappa shape index (κ2) is 3.58. The van der Waals surface area contributed by atoms with Crippen LogP contribution < -0.4 is 4.74 Å². The molecule has 0 aliphatic carbocycles. The van der Waals surface area contributed by atoms with Crippen molar-refractivity contribution < 1.29 is 4.74 Å². The van der Waals surface area contributed by atoms with Crippen molar-refractivity contribution in [3.05, 3.63) is 35.5 Å². The number of hydrogen-bond donors (Lipinski definition) is 0. The van der Waals surface area contributed by atoms with Gasteiger partial charge in [0.25, 0.3) is 0 Å². The summed E-state index contributed by atoms with van der Waals surface area (Å²) in [5.74, 6) is 0.747. The maximum atomic E-state index is 8.96. The minimum absolute atomic E-state index is 0.578. The van der Waals surface area contributed by atoms with E-state index in [1.165, 1.54) is 0 Å². The molecule has 2 aromatic rings. The van der Waals surface area contributed by atoms with Crippen molar-refractivity contribution in [2.45, 2.75) is 6.92 Å². The molecule has 74 valence electrons. The lowest BCUT2D eigenvalue weighted by atomic mass is 10.1. The Balaban J connectivity index is 2.88. The van der Waals surface area contributed by atoms with E-state index >= 15 is 0 Å². The highest BCUT2D eigenvalue weighted by Crippen LogP contribution is 2.26. The highest BCUT2D eigenvalue weighted by Gasteiger charge is 2.07. The molecule has 0 saturated heterocycles. The quantitative estimate of drug-likeness (QED) is 0.706. The summed E-state index contributed by atoms with van der Waals surface area (Å²) in [5, 5.41) is 9.84. The molecule has 0 spiro atoms. The summed E-state index contributed by atoms with van der Waals surface area (Å²) in [7, 11) is 1.61. The first-order valence-electron chi connectivity index (χ1n) is 4.60. The molecule has 0 radical (unpaired) electrons. The third kappa shape index (κ3) is 1.50. The molecule has 0 bridgehead atoms. The second-order valence-electron chi connectivity index (χ2n) is 3.28. The van der Waals surface area contributed by atoms with E-state index in [1.807, 2.05) is 19.1 Å². The normalized spacial score (nSPS) is 9.93. The molecule has 0 amide bonds. The number of ether oxygens (including phenoxy) is 1. The molecule has 0 aliphatic heterocycles. The fourth-order valence-corrected chi connectivity index (χ4v) is 1.56. The summed E-state index contributed by atoms with van der Waals surface area (Å²) >= 11 is 0. The molecule has 1 aromatic carbocycles. The number of pyridine rings is 1. The number of methoxy groups -OCH3 is 1. The van der Waals surface area contributed by atoms with Gasteiger partial charge in [0.2, 0.25) is 0 Å². The van der Waals surface area contributed by atoms with Crippen molar-refractivity contribution in [1.82, 2.24) is 4.98 Å². The molecule has 15 heavy (non-hydrogen) atoms. The Labute approximate surface area is 87.9 Å². The molecular formula is C12H10N2O. The van der Waals surface area contributed by atoms with E-state index in [9.17, 15) is 0 Å². The lowest BCUT2D eigenvalue weighted by Gasteiger charge is -2.06. The van der Waals surface area contributed by atoms with Gasteiger partial charge in [0, 0.05) is 11.1 Å². The number of fused-ring (bicyclic) bond motifs is 1. The largest absolute Gasteiger partial charge is 0.496 e. The smallest absolute Gasteiger partial charge is 0.128 e. The number of hydrogen-bond acceptors (Lipinski definition) is 3. The van der Waals surface area contributed by atoms with Gasteiger partial charge in [-0.25, -0.2) is 0 Å². The SMILES string of the molecule is COc1ccc(C#N)c2nc(C)ccc12. The van der Waals surface area contributed by atoms with Gasteiger partial charge in [0.05, 0.1) is 18.2 Å². The van der Waals surface area contributed by atoms with Crippen LogP contribution >= 0.6 is 0 Å². The highest BCUT2D eigenvalue weighted by atomic mass is 16.5. The van der Waals surface area contributed by atoms with Crippen LogP contribution in [-0.2, 0) is 0 Å². The van der Waals surface area contributed by atoms with E-state index in [4.69, 9.17) is 10.00 Å². The third-order valence-corrected chi connectivity index (χ3v) is 2.30. The first kappa shape index (κ1) is 9.47. The molecule has 0 atom stereocenters. The Kier molecular flexibility index (Phi) is 2.26. The van der Waals surface area contributed by atoms with E-state index in [2.05, 4.69) is 11.1 Å². The standard InChI is InChI=1S/C12H10N2O/c1-8-3-5-10-11(15-2)6-4-9(7-13)12(10)14-8/h3-6H,1-2H3. The number of aryl methyl sites for hydroxylation is 1. The van der Waals surface area contributed by atoms with Crippen molar-refractivity contribution >= 4 is 10.9 Å². The molecule has 3 nitrogen and oxygen atoms in total. The van der Waals surface area contributed by atoms with Crippen LogP contribution in [0.15, 0.2) is 24.3 Å². The van der Waals surface area contributed by atoms with Crippen molar-refractivity contribution in [3.63, 3.8) is 0 Å². The molecule has 2 rings (SSSR count). The van der Waals surface area contributed by atoms with E-state index in [0.717, 1.165) is 16.8 Å². The molecule has 0 unspecified atom stereocenters. The number of nitrogens with zero attached hydrogens (tertiary/aromatic N) is 2. The zero-order valence-electron chi connectivity index (χ0n) is 8.61. The molecule has 0 N–H and O–H groups in total. The van der Waals surface area contributed by atoms with Crippen molar-refractivity contribution in [2.24, 2.45) is 0 Å². The predicted molar refractivity (Wildman–Crippen MR) is 57.7 cm³/mol. The van der Waals surface area contributed by atoms with Crippen LogP contribution in [-0.4, -0.2) is 12.1 Å². The highest BCUT2D eigenvalue weighted by molar-refractivity contribution is 5.89. The van der Waals surface area contributed by atoms with Gasteiger partial charge in [0.1, 0.15) is 11.8 Å². The van der Waals surface area contributed by atoms with Crippen molar-refractivity contribution in [3.8, 4) is 11.8 Å². The lowest BCUT2D eigenvalue weighted by molar-refractivity contribution is 0.419. The van der Waals surface area contributed by atoms with Crippen LogP contribution in [0, 0.1) is 18.3 Å². The first-order chi connectivity index (χ1) is 7.26. The average molecular weight is 198 g/mol. The van der Waals surface area contributed by atoms with Crippen LogP contribution in [0.4, 0.5) is 0 Å². The Morgan fingerprint density at radius 2 is 2.07 bits per heavy atom. The van der Waals surface area contributed by atoms with Crippen LogP contribution in [0.25, 0.3) is 10.9 Å². The van der Waals surface area contributed by atoms with Gasteiger partial charge < -0.3 is 4.74 Å². The zero-order valence-corrected chi connectivity index (χ0v) is 8.61. The van der Waals surface area contributed by atoms with Gasteiger partial charge in [-0.3, -0.25) is 4.98 Å². The van der Waals surface area contributed by atoms with Gasteiger partial charge in [-0.1, -0.05) is 0 Å². The van der Waals surface area contributed by atoms with Crippen LogP contribution in [0.2, 0.25) is 0 Å². The lowest BCUT2D eigenvalue weighted by Crippen LogP contribution is -1.91. The molecular weight excluding hydrogens is 188 g/mol. The Bertz CT molecular complexity index is 555. The minimum Gasteiger partial charge on any atom is -0.496 e. The predicted octanol–water partition coefficient (Wildman–Crippen LogP) is 2.42. The van der Waals surface area contributed by atoms with E-state index in [-0.39, 0.29) is 0 Å². The van der Waals surface area contributed by atoms with Crippen LogP contribution in [0.3, 0.4) is 0 Å². The average Bonchev–Trinajstić information content (AvgIpc) is 2.27. The monoisotopic (exact) mass is 198 g/mol. The van der Waals surface area contributed by atoms with E-state index in [1.54, 1.807) is 19.2 Å². The van der Waals surface area contributed by atoms with Crippen LogP contribution in [0.5, 0.6) is 5.75 Å². The van der Waals surface area contributed by atoms with Gasteiger partial charge in [0.15, 0.2) is 0 Å². The summed E-state index contributed by atoms with van der Waals surface area (Å²) in [6, 6.07) is 9.49. The molecule has 3 heteroatoms. The molecule has 0 fully saturated rings. The summed E-state index contributed by atoms with van der Waals surface area (Å²) in [6.45, 7) is 1.90. The second-order valence-corrected chi connectivity index (χ2v) is 3.28. The summed E-state index contributed by atoms with van der Waals surface area (Å²) in [6.07, 6.45) is 0. The fourth-order valence-electron chi connectivity index (χ4n) is 1.56. The Hall–Kier alpha value is -2.08. The topological polar surface area (TPSA) is 45.9 Å². The van der Waals surface area contributed by atoms with E-state index in [0.29, 0.717) is 11.1 Å². The van der Waals surface area contributed by atoms with Gasteiger partial charge >= 0.3 is 0 Å². The maximum absolute atomic E-state index is 8.96. The van der Waals surface area contributed by atoms with E-state index < -0.39 is 0 Å². The Morgan fingerprint density at radius 1 is 1.27 bits per heavy atom. The zero-order chi connectivity index (χ0) is 10.8. The Morgan fingerprint density at radius 3 is 2.73 bits per heavy atom. The first-order valence-corrected chi connectivity index (χ1v) is 4.60. The number of nitriles is 1. The third-order valence-electron chi connectivity index (χ3n) is 2.30. The number of rotatable bonds is 1.